The number of aliphatic imine (C=N–C) groups is 3. The summed E-state index contributed by atoms with van der Waals surface area (Å²) in [7, 11) is 1.43. The number of nitrogens with zero attached hydrogens (tertiary/aromatic N) is 3. The third-order valence-corrected chi connectivity index (χ3v) is 3.63. The summed E-state index contributed by atoms with van der Waals surface area (Å²) in [6, 6.07) is -0.670. The van der Waals surface area contributed by atoms with E-state index in [0.717, 1.165) is 0 Å². The molecule has 21 heavy (non-hydrogen) atoms. The molecule has 3 rings (SSSR count). The van der Waals surface area contributed by atoms with Gasteiger partial charge in [0.15, 0.2) is 5.84 Å². The first-order valence-corrected chi connectivity index (χ1v) is 6.51. The quantitative estimate of drug-likeness (QED) is 0.728. The molecule has 1 saturated heterocycles. The second kappa shape index (κ2) is 5.23. The Morgan fingerprint density at radius 3 is 2.81 bits per heavy atom. The van der Waals surface area contributed by atoms with Gasteiger partial charge in [0, 0.05) is 18.4 Å². The van der Waals surface area contributed by atoms with Crippen LogP contribution in [0.25, 0.3) is 0 Å². The van der Waals surface area contributed by atoms with Gasteiger partial charge < -0.3 is 19.7 Å². The van der Waals surface area contributed by atoms with Crippen molar-refractivity contribution < 1.29 is 24.5 Å². The molecule has 112 valence electrons. The fourth-order valence-electron chi connectivity index (χ4n) is 2.67. The van der Waals surface area contributed by atoms with E-state index in [0.29, 0.717) is 22.8 Å². The van der Waals surface area contributed by atoms with Crippen molar-refractivity contribution in [3.63, 3.8) is 0 Å². The van der Waals surface area contributed by atoms with E-state index >= 15 is 0 Å². The topological polar surface area (TPSA) is 113 Å². The minimum absolute atomic E-state index is 0.294. The number of amides is 2. The summed E-state index contributed by atoms with van der Waals surface area (Å²) in [5.41, 5.74) is 1.62. The Morgan fingerprint density at radius 1 is 1.38 bits per heavy atom. The summed E-state index contributed by atoms with van der Waals surface area (Å²) in [6.45, 7) is 1.43. The highest BCUT2D eigenvalue weighted by Gasteiger charge is 2.48. The van der Waals surface area contributed by atoms with E-state index in [1.807, 2.05) is 0 Å². The normalized spacial score (nSPS) is 35.1. The molecule has 3 aliphatic heterocycles. The zero-order valence-corrected chi connectivity index (χ0v) is 11.6. The number of amidine groups is 1. The average molecular weight is 293 g/mol. The molecule has 0 aromatic heterocycles. The van der Waals surface area contributed by atoms with Gasteiger partial charge >= 0.3 is 6.03 Å². The van der Waals surface area contributed by atoms with Crippen LogP contribution in [0.2, 0.25) is 0 Å². The van der Waals surface area contributed by atoms with Crippen LogP contribution < -0.4 is 0 Å². The Labute approximate surface area is 120 Å². The number of methoxy groups -OCH3 is 1. The first kappa shape index (κ1) is 14.2. The molecule has 8 nitrogen and oxygen atoms in total. The Bertz CT molecular complexity index is 607. The van der Waals surface area contributed by atoms with Gasteiger partial charge in [-0.05, 0) is 13.0 Å². The van der Waals surface area contributed by atoms with Gasteiger partial charge in [0.2, 0.25) is 0 Å². The van der Waals surface area contributed by atoms with Gasteiger partial charge in [-0.15, -0.1) is 0 Å². The number of allylic oxidation sites excluding steroid dienone is 1. The third kappa shape index (κ3) is 2.26. The monoisotopic (exact) mass is 293 g/mol. The molecule has 0 aromatic rings. The number of carbonyl (C=O) groups excluding carboxylic acids is 1. The van der Waals surface area contributed by atoms with Crippen LogP contribution in [0.3, 0.4) is 0 Å². The molecule has 2 N–H and O–H groups in total. The molecule has 4 atom stereocenters. The fraction of sp³-hybridized carbons (Fsp3) is 0.538. The van der Waals surface area contributed by atoms with Crippen LogP contribution in [0.1, 0.15) is 6.92 Å². The van der Waals surface area contributed by atoms with Crippen LogP contribution in [0.5, 0.6) is 0 Å². The molecule has 0 saturated carbocycles. The lowest BCUT2D eigenvalue weighted by atomic mass is 9.97. The third-order valence-electron chi connectivity index (χ3n) is 3.63. The molecule has 0 radical (unpaired) electrons. The highest BCUT2D eigenvalue weighted by atomic mass is 16.6. The summed E-state index contributed by atoms with van der Waals surface area (Å²) < 4.78 is 10.9. The van der Waals surface area contributed by atoms with E-state index in [1.54, 1.807) is 13.0 Å². The van der Waals surface area contributed by atoms with E-state index < -0.39 is 30.4 Å². The largest absolute Gasteiger partial charge is 0.394 e. The highest BCUT2D eigenvalue weighted by molar-refractivity contribution is 6.37. The first-order chi connectivity index (χ1) is 10.0. The lowest BCUT2D eigenvalue weighted by Crippen LogP contribution is -2.40. The van der Waals surface area contributed by atoms with Gasteiger partial charge in [0.1, 0.15) is 24.4 Å². The van der Waals surface area contributed by atoms with Gasteiger partial charge in [-0.2, -0.15) is 9.98 Å². The Hall–Kier alpha value is -1.74. The highest BCUT2D eigenvalue weighted by Crippen LogP contribution is 2.29. The van der Waals surface area contributed by atoms with Gasteiger partial charge in [-0.25, -0.2) is 9.79 Å². The maximum atomic E-state index is 11.6. The van der Waals surface area contributed by atoms with Crippen molar-refractivity contribution in [3.8, 4) is 0 Å². The molecule has 3 heterocycles. The van der Waals surface area contributed by atoms with E-state index in [2.05, 4.69) is 15.0 Å². The van der Waals surface area contributed by atoms with Gasteiger partial charge in [-0.3, -0.25) is 0 Å². The first-order valence-electron chi connectivity index (χ1n) is 6.51. The lowest BCUT2D eigenvalue weighted by Gasteiger charge is -2.22. The SMILES string of the molecule is CO[C@H]1C(C2=NC(=O)N=C3N=C(C)C=C32)O[C@H](CO)[C@@H]1O. The number of rotatable bonds is 3. The maximum absolute atomic E-state index is 11.6. The Morgan fingerprint density at radius 2 is 2.14 bits per heavy atom. The minimum atomic E-state index is -1.01. The summed E-state index contributed by atoms with van der Waals surface area (Å²) in [4.78, 5) is 23.4. The summed E-state index contributed by atoms with van der Waals surface area (Å²) >= 11 is 0. The molecular formula is C13H15N3O5. The standard InChI is InChI=1S/C13H15N3O5/c1-5-3-6-8(15-13(19)16-12(6)14-5)10-11(20-2)9(18)7(4-17)21-10/h3,7,9-11,17-18H,4H2,1-2H3/t7-,9+,10?,11-/m1/s1. The second-order valence-electron chi connectivity index (χ2n) is 4.99. The van der Waals surface area contributed by atoms with Gasteiger partial charge in [-0.1, -0.05) is 0 Å². The van der Waals surface area contributed by atoms with Crippen molar-refractivity contribution in [2.24, 2.45) is 15.0 Å². The maximum Gasteiger partial charge on any atom is 0.369 e. The van der Waals surface area contributed by atoms with Crippen LogP contribution in [0, 0.1) is 0 Å². The smallest absolute Gasteiger partial charge is 0.369 e. The van der Waals surface area contributed by atoms with Crippen molar-refractivity contribution in [2.75, 3.05) is 13.7 Å². The molecule has 2 amide bonds. The molecule has 0 spiro atoms. The molecule has 8 heteroatoms. The number of aliphatic hydroxyl groups is 2. The molecule has 1 fully saturated rings. The van der Waals surface area contributed by atoms with Crippen molar-refractivity contribution in [3.05, 3.63) is 11.6 Å². The molecule has 0 aromatic carbocycles. The van der Waals surface area contributed by atoms with Crippen LogP contribution >= 0.6 is 0 Å². The number of fused-ring (bicyclic) bond motifs is 1. The van der Waals surface area contributed by atoms with Crippen LogP contribution in [0.4, 0.5) is 4.79 Å². The lowest BCUT2D eigenvalue weighted by molar-refractivity contribution is -0.0147. The second-order valence-corrected chi connectivity index (χ2v) is 4.99. The number of urea groups is 1. The Kier molecular flexibility index (Phi) is 3.54. The van der Waals surface area contributed by atoms with Crippen LogP contribution in [-0.4, -0.2) is 71.6 Å². The van der Waals surface area contributed by atoms with Gasteiger partial charge in [0.05, 0.1) is 12.3 Å². The van der Waals surface area contributed by atoms with Crippen molar-refractivity contribution in [1.82, 2.24) is 0 Å². The van der Waals surface area contributed by atoms with Crippen LogP contribution in [0.15, 0.2) is 26.6 Å². The molecular weight excluding hydrogens is 278 g/mol. The van der Waals surface area contributed by atoms with Crippen molar-refractivity contribution in [2.45, 2.75) is 31.3 Å². The average Bonchev–Trinajstić information content (AvgIpc) is 2.96. The summed E-state index contributed by atoms with van der Waals surface area (Å²) in [6.07, 6.45) is -1.53. The fourth-order valence-corrected chi connectivity index (χ4v) is 2.67. The van der Waals surface area contributed by atoms with Gasteiger partial charge in [0.25, 0.3) is 0 Å². The number of ether oxygens (including phenoxy) is 2. The van der Waals surface area contributed by atoms with Crippen molar-refractivity contribution in [1.29, 1.82) is 0 Å². The number of carbonyl (C=O) groups is 1. The number of hydrogen-bond donors (Lipinski definition) is 2. The molecule has 3 aliphatic rings. The molecule has 1 unspecified atom stereocenters. The molecule has 0 bridgehead atoms. The number of hydrogen-bond acceptors (Lipinski definition) is 6. The predicted molar refractivity (Wildman–Crippen MR) is 74.0 cm³/mol. The van der Waals surface area contributed by atoms with E-state index in [-0.39, 0.29) is 6.61 Å². The molecule has 0 aliphatic carbocycles. The van der Waals surface area contributed by atoms with Crippen molar-refractivity contribution >= 4 is 23.3 Å². The number of aliphatic hydroxyl groups excluding tert-OH is 2. The van der Waals surface area contributed by atoms with Crippen LogP contribution in [-0.2, 0) is 9.47 Å². The Balaban J connectivity index is 1.97. The summed E-state index contributed by atoms with van der Waals surface area (Å²) in [5, 5.41) is 19.3. The summed E-state index contributed by atoms with van der Waals surface area (Å²) in [5.74, 6) is 0.294. The minimum Gasteiger partial charge on any atom is -0.394 e. The van der Waals surface area contributed by atoms with E-state index in [4.69, 9.17) is 9.47 Å². The zero-order valence-electron chi connectivity index (χ0n) is 11.6. The van der Waals surface area contributed by atoms with E-state index in [9.17, 15) is 15.0 Å². The van der Waals surface area contributed by atoms with E-state index in [1.165, 1.54) is 7.11 Å². The zero-order chi connectivity index (χ0) is 15.1. The predicted octanol–water partition coefficient (Wildman–Crippen LogP) is -0.504.